The number of rotatable bonds is 4. The number of carbonyl (C=O) groups is 1. The number of amides is 1. The van der Waals surface area contributed by atoms with Gasteiger partial charge in [-0.3, -0.25) is 4.79 Å². The number of hydrogen-bond acceptors (Lipinski definition) is 3. The van der Waals surface area contributed by atoms with E-state index in [1.807, 2.05) is 0 Å². The first-order valence-electron chi connectivity index (χ1n) is 8.82. The molecule has 2 aliphatic rings. The molecule has 3 unspecified atom stereocenters. The number of likely N-dealkylation sites (tertiary alicyclic amines) is 1. The van der Waals surface area contributed by atoms with Gasteiger partial charge in [-0.2, -0.15) is 0 Å². The lowest BCUT2D eigenvalue weighted by Gasteiger charge is -2.37. The molecule has 2 aliphatic heterocycles. The molecule has 3 atom stereocenters. The van der Waals surface area contributed by atoms with E-state index in [2.05, 4.69) is 29.1 Å². The minimum atomic E-state index is 0. The van der Waals surface area contributed by atoms with Gasteiger partial charge in [0.15, 0.2) is 5.96 Å². The normalized spacial score (nSPS) is 27.6. The highest BCUT2D eigenvalue weighted by atomic mass is 127. The van der Waals surface area contributed by atoms with Crippen LogP contribution in [0.25, 0.3) is 0 Å². The third-order valence-corrected chi connectivity index (χ3v) is 5.01. The Morgan fingerprint density at radius 3 is 2.62 bits per heavy atom. The molecule has 6 nitrogen and oxygen atoms in total. The van der Waals surface area contributed by atoms with Crippen LogP contribution in [0.2, 0.25) is 0 Å². The van der Waals surface area contributed by atoms with Crippen molar-refractivity contribution in [2.24, 2.45) is 16.8 Å². The molecule has 140 valence electrons. The van der Waals surface area contributed by atoms with Crippen LogP contribution in [0.5, 0.6) is 0 Å². The third kappa shape index (κ3) is 6.38. The number of hydrogen-bond donors (Lipinski definition) is 1. The number of halogens is 1. The summed E-state index contributed by atoms with van der Waals surface area (Å²) >= 11 is 0. The minimum Gasteiger partial charge on any atom is -0.376 e. The van der Waals surface area contributed by atoms with Crippen LogP contribution in [0.4, 0.5) is 0 Å². The molecule has 0 bridgehead atoms. The maximum Gasteiger partial charge on any atom is 0.243 e. The third-order valence-electron chi connectivity index (χ3n) is 5.01. The van der Waals surface area contributed by atoms with Crippen LogP contribution in [0.15, 0.2) is 4.99 Å². The van der Waals surface area contributed by atoms with Crippen molar-refractivity contribution in [3.8, 4) is 0 Å². The van der Waals surface area contributed by atoms with Gasteiger partial charge in [0.1, 0.15) is 6.54 Å². The van der Waals surface area contributed by atoms with E-state index in [0.717, 1.165) is 51.0 Å². The van der Waals surface area contributed by atoms with Crippen LogP contribution in [0.1, 0.15) is 33.1 Å². The molecule has 1 amide bonds. The van der Waals surface area contributed by atoms with Crippen molar-refractivity contribution in [2.45, 2.75) is 39.2 Å². The van der Waals surface area contributed by atoms with Gasteiger partial charge in [0.05, 0.1) is 6.10 Å². The van der Waals surface area contributed by atoms with Crippen LogP contribution in [-0.4, -0.2) is 74.7 Å². The Hall–Kier alpha value is -0.570. The molecule has 24 heavy (non-hydrogen) atoms. The number of nitrogens with zero attached hydrogens (tertiary/aromatic N) is 3. The van der Waals surface area contributed by atoms with Crippen LogP contribution >= 0.6 is 24.0 Å². The zero-order chi connectivity index (χ0) is 16.8. The summed E-state index contributed by atoms with van der Waals surface area (Å²) < 4.78 is 5.68. The van der Waals surface area contributed by atoms with Gasteiger partial charge in [-0.15, -0.1) is 24.0 Å². The fourth-order valence-corrected chi connectivity index (χ4v) is 3.02. The molecular weight excluding hydrogens is 419 g/mol. The average molecular weight is 452 g/mol. The first-order valence-corrected chi connectivity index (χ1v) is 8.82. The summed E-state index contributed by atoms with van der Waals surface area (Å²) in [4.78, 5) is 20.3. The smallest absolute Gasteiger partial charge is 0.243 e. The summed E-state index contributed by atoms with van der Waals surface area (Å²) in [7, 11) is 3.53. The van der Waals surface area contributed by atoms with Crippen molar-refractivity contribution < 1.29 is 9.53 Å². The second-order valence-electron chi connectivity index (χ2n) is 7.13. The molecule has 0 aromatic carbocycles. The lowest BCUT2D eigenvalue weighted by molar-refractivity contribution is -0.127. The molecule has 0 saturated carbocycles. The fraction of sp³-hybridized carbons (Fsp3) is 0.882. The molecule has 0 radical (unpaired) electrons. The molecule has 2 saturated heterocycles. The number of ether oxygens (including phenoxy) is 1. The van der Waals surface area contributed by atoms with E-state index in [9.17, 15) is 4.79 Å². The molecule has 2 rings (SSSR count). The summed E-state index contributed by atoms with van der Waals surface area (Å²) in [6, 6.07) is 0. The van der Waals surface area contributed by atoms with E-state index < -0.39 is 0 Å². The van der Waals surface area contributed by atoms with Crippen molar-refractivity contribution in [1.82, 2.24) is 15.1 Å². The number of aliphatic imine (C=N–C) groups is 1. The Kier molecular flexibility index (Phi) is 9.33. The van der Waals surface area contributed by atoms with Gasteiger partial charge >= 0.3 is 0 Å². The van der Waals surface area contributed by atoms with E-state index in [4.69, 9.17) is 4.74 Å². The van der Waals surface area contributed by atoms with E-state index >= 15 is 0 Å². The van der Waals surface area contributed by atoms with Gasteiger partial charge in [-0.25, -0.2) is 4.99 Å². The Bertz CT molecular complexity index is 425. The zero-order valence-electron chi connectivity index (χ0n) is 15.5. The molecule has 0 aliphatic carbocycles. The zero-order valence-corrected chi connectivity index (χ0v) is 17.8. The number of piperidine rings is 1. The second-order valence-corrected chi connectivity index (χ2v) is 7.13. The Morgan fingerprint density at radius 2 is 2.04 bits per heavy atom. The van der Waals surface area contributed by atoms with E-state index in [1.165, 1.54) is 6.42 Å². The summed E-state index contributed by atoms with van der Waals surface area (Å²) in [6.07, 6.45) is 3.68. The predicted molar refractivity (Wildman–Crippen MR) is 108 cm³/mol. The predicted octanol–water partition coefficient (Wildman–Crippen LogP) is 1.80. The molecule has 1 N–H and O–H groups in total. The Labute approximate surface area is 163 Å². The van der Waals surface area contributed by atoms with Crippen molar-refractivity contribution in [2.75, 3.05) is 46.9 Å². The maximum atomic E-state index is 11.9. The van der Waals surface area contributed by atoms with Crippen molar-refractivity contribution >= 4 is 35.8 Å². The van der Waals surface area contributed by atoms with Crippen LogP contribution < -0.4 is 5.32 Å². The summed E-state index contributed by atoms with van der Waals surface area (Å²) in [5.74, 6) is 2.27. The lowest BCUT2D eigenvalue weighted by atomic mass is 9.89. The summed E-state index contributed by atoms with van der Waals surface area (Å²) in [5, 5.41) is 3.44. The van der Waals surface area contributed by atoms with Crippen molar-refractivity contribution in [1.29, 1.82) is 0 Å². The fourth-order valence-electron chi connectivity index (χ4n) is 3.02. The highest BCUT2D eigenvalue weighted by Crippen LogP contribution is 2.22. The standard InChI is InChI=1S/C17H32N4O2.HI/c1-13-7-8-21(12-14(13)2)17(19-11-16(22)20(3)4)18-10-15-6-5-9-23-15;/h13-15H,5-12H2,1-4H3,(H,18,19);1H. The number of guanidine groups is 1. The van der Waals surface area contributed by atoms with Gasteiger partial charge in [0.2, 0.25) is 5.91 Å². The van der Waals surface area contributed by atoms with Gasteiger partial charge in [0, 0.05) is 40.3 Å². The van der Waals surface area contributed by atoms with Gasteiger partial charge < -0.3 is 19.9 Å². The lowest BCUT2D eigenvalue weighted by Crippen LogP contribution is -2.49. The first kappa shape index (κ1) is 21.5. The average Bonchev–Trinajstić information content (AvgIpc) is 3.03. The molecule has 0 aromatic heterocycles. The van der Waals surface area contributed by atoms with Crippen molar-refractivity contribution in [3.63, 3.8) is 0 Å². The van der Waals surface area contributed by atoms with Crippen LogP contribution in [0.3, 0.4) is 0 Å². The minimum absolute atomic E-state index is 0. The Balaban J connectivity index is 0.00000288. The highest BCUT2D eigenvalue weighted by Gasteiger charge is 2.26. The monoisotopic (exact) mass is 452 g/mol. The van der Waals surface area contributed by atoms with E-state index in [-0.39, 0.29) is 42.5 Å². The first-order chi connectivity index (χ1) is 11.0. The topological polar surface area (TPSA) is 57.2 Å². The summed E-state index contributed by atoms with van der Waals surface area (Å²) in [5.41, 5.74) is 0. The molecule has 7 heteroatoms. The largest absolute Gasteiger partial charge is 0.376 e. The molecule has 2 heterocycles. The van der Waals surface area contributed by atoms with E-state index in [1.54, 1.807) is 19.0 Å². The summed E-state index contributed by atoms with van der Waals surface area (Å²) in [6.45, 7) is 8.42. The van der Waals surface area contributed by atoms with E-state index in [0.29, 0.717) is 5.92 Å². The van der Waals surface area contributed by atoms with Crippen LogP contribution in [-0.2, 0) is 9.53 Å². The van der Waals surface area contributed by atoms with Gasteiger partial charge in [-0.1, -0.05) is 13.8 Å². The van der Waals surface area contributed by atoms with Crippen molar-refractivity contribution in [3.05, 3.63) is 0 Å². The number of nitrogens with one attached hydrogen (secondary N) is 1. The molecule has 2 fully saturated rings. The number of carbonyl (C=O) groups excluding carboxylic acids is 1. The second kappa shape index (κ2) is 10.4. The maximum absolute atomic E-state index is 11.9. The van der Waals surface area contributed by atoms with Crippen LogP contribution in [0, 0.1) is 11.8 Å². The highest BCUT2D eigenvalue weighted by molar-refractivity contribution is 14.0. The Morgan fingerprint density at radius 1 is 1.29 bits per heavy atom. The molecular formula is C17H33IN4O2. The number of likely N-dealkylation sites (N-methyl/N-ethyl adjacent to an activating group) is 1. The van der Waals surface area contributed by atoms with Gasteiger partial charge in [-0.05, 0) is 31.1 Å². The SMILES string of the molecule is CC1CCN(C(=NCC(=O)N(C)C)NCC2CCCO2)CC1C.I. The molecule has 0 spiro atoms. The molecule has 0 aromatic rings. The quantitative estimate of drug-likeness (QED) is 0.402. The van der Waals surface area contributed by atoms with Gasteiger partial charge in [0.25, 0.3) is 0 Å².